The van der Waals surface area contributed by atoms with Crippen molar-refractivity contribution in [3.63, 3.8) is 0 Å². The molecule has 5 nitrogen and oxygen atoms in total. The zero-order chi connectivity index (χ0) is 13.9. The number of nitrogens with one attached hydrogen (secondary N) is 1. The van der Waals surface area contributed by atoms with Gasteiger partial charge in [0.15, 0.2) is 0 Å². The summed E-state index contributed by atoms with van der Waals surface area (Å²) in [5.74, 6) is -1.48. The number of halogens is 1. The lowest BCUT2D eigenvalue weighted by Gasteiger charge is -2.33. The van der Waals surface area contributed by atoms with E-state index in [1.165, 1.54) is 12.3 Å². The second kappa shape index (κ2) is 5.57. The number of aromatic nitrogens is 1. The number of hydrogen-bond acceptors (Lipinski definition) is 3. The monoisotopic (exact) mass is 282 g/mol. The maximum Gasteiger partial charge on any atom is 0.329 e. The normalized spacial score (nSPS) is 17.7. The highest BCUT2D eigenvalue weighted by Gasteiger charge is 2.41. The Morgan fingerprint density at radius 1 is 1.32 bits per heavy atom. The average molecular weight is 283 g/mol. The van der Waals surface area contributed by atoms with Gasteiger partial charge in [-0.1, -0.05) is 30.9 Å². The van der Waals surface area contributed by atoms with E-state index in [2.05, 4.69) is 10.3 Å². The summed E-state index contributed by atoms with van der Waals surface area (Å²) in [7, 11) is 0. The van der Waals surface area contributed by atoms with Gasteiger partial charge < -0.3 is 10.4 Å². The fourth-order valence-electron chi connectivity index (χ4n) is 2.36. The molecule has 1 heterocycles. The number of rotatable bonds is 3. The lowest BCUT2D eigenvalue weighted by atomic mass is 9.81. The standard InChI is InChI=1S/C13H15ClN2O3/c14-9-4-7-15-10(8-9)11(17)16-13(12(18)19)5-2-1-3-6-13/h4,7-8H,1-3,5-6H2,(H,16,17)(H,18,19). The van der Waals surface area contributed by atoms with Gasteiger partial charge in [0, 0.05) is 11.2 Å². The lowest BCUT2D eigenvalue weighted by Crippen LogP contribution is -2.55. The Labute approximate surface area is 116 Å². The van der Waals surface area contributed by atoms with Crippen molar-refractivity contribution in [2.24, 2.45) is 0 Å². The van der Waals surface area contributed by atoms with Crippen LogP contribution in [0.25, 0.3) is 0 Å². The van der Waals surface area contributed by atoms with Crippen LogP contribution < -0.4 is 5.32 Å². The van der Waals surface area contributed by atoms with Gasteiger partial charge >= 0.3 is 5.97 Å². The minimum absolute atomic E-state index is 0.138. The van der Waals surface area contributed by atoms with E-state index >= 15 is 0 Å². The molecule has 2 rings (SSSR count). The molecule has 0 unspecified atom stereocenters. The summed E-state index contributed by atoms with van der Waals surface area (Å²) in [5.41, 5.74) is -1.03. The third-order valence-corrected chi connectivity index (χ3v) is 3.66. The summed E-state index contributed by atoms with van der Waals surface area (Å²) in [4.78, 5) is 27.4. The van der Waals surface area contributed by atoms with Crippen LogP contribution in [0.1, 0.15) is 42.6 Å². The number of carbonyl (C=O) groups is 2. The molecule has 6 heteroatoms. The van der Waals surface area contributed by atoms with Crippen LogP contribution in [-0.4, -0.2) is 27.5 Å². The van der Waals surface area contributed by atoms with Gasteiger partial charge in [-0.2, -0.15) is 0 Å². The molecule has 0 aromatic carbocycles. The van der Waals surface area contributed by atoms with E-state index in [4.69, 9.17) is 11.6 Å². The van der Waals surface area contributed by atoms with E-state index in [-0.39, 0.29) is 5.69 Å². The summed E-state index contributed by atoms with van der Waals surface area (Å²) < 4.78 is 0. The van der Waals surface area contributed by atoms with Crippen molar-refractivity contribution in [3.05, 3.63) is 29.0 Å². The fourth-order valence-corrected chi connectivity index (χ4v) is 2.52. The van der Waals surface area contributed by atoms with Gasteiger partial charge in [-0.25, -0.2) is 4.79 Å². The Bertz CT molecular complexity index is 498. The van der Waals surface area contributed by atoms with E-state index in [0.29, 0.717) is 17.9 Å². The highest BCUT2D eigenvalue weighted by molar-refractivity contribution is 6.30. The Kier molecular flexibility index (Phi) is 4.04. The first-order valence-corrected chi connectivity index (χ1v) is 6.59. The third-order valence-electron chi connectivity index (χ3n) is 3.42. The molecule has 0 spiro atoms. The first-order chi connectivity index (χ1) is 9.03. The molecule has 0 bridgehead atoms. The van der Waals surface area contributed by atoms with Crippen molar-refractivity contribution >= 4 is 23.5 Å². The Morgan fingerprint density at radius 2 is 2.00 bits per heavy atom. The van der Waals surface area contributed by atoms with Gasteiger partial charge in [-0.15, -0.1) is 0 Å². The summed E-state index contributed by atoms with van der Waals surface area (Å²) >= 11 is 5.79. The number of aliphatic carboxylic acids is 1. The molecule has 0 saturated heterocycles. The quantitative estimate of drug-likeness (QED) is 0.891. The summed E-state index contributed by atoms with van der Waals surface area (Å²) in [6, 6.07) is 2.99. The van der Waals surface area contributed by atoms with Gasteiger partial charge in [0.25, 0.3) is 5.91 Å². The average Bonchev–Trinajstić information content (AvgIpc) is 2.39. The van der Waals surface area contributed by atoms with Crippen molar-refractivity contribution in [2.75, 3.05) is 0 Å². The van der Waals surface area contributed by atoms with E-state index in [9.17, 15) is 14.7 Å². The van der Waals surface area contributed by atoms with Crippen molar-refractivity contribution in [2.45, 2.75) is 37.6 Å². The Balaban J connectivity index is 2.18. The second-order valence-electron chi connectivity index (χ2n) is 4.76. The number of carboxylic acids is 1. The van der Waals surface area contributed by atoms with Gasteiger partial charge in [0.05, 0.1) is 0 Å². The molecule has 1 amide bonds. The number of pyridine rings is 1. The van der Waals surface area contributed by atoms with E-state index in [1.54, 1.807) is 6.07 Å². The zero-order valence-corrected chi connectivity index (χ0v) is 11.1. The first-order valence-electron chi connectivity index (χ1n) is 6.21. The Hall–Kier alpha value is -1.62. The largest absolute Gasteiger partial charge is 0.480 e. The van der Waals surface area contributed by atoms with Crippen LogP contribution in [0, 0.1) is 0 Å². The molecule has 1 aromatic rings. The van der Waals surface area contributed by atoms with Crippen LogP contribution in [0.2, 0.25) is 5.02 Å². The predicted octanol–water partition coefficient (Wildman–Crippen LogP) is 2.25. The molecule has 0 atom stereocenters. The van der Waals surface area contributed by atoms with Gasteiger partial charge in [0.1, 0.15) is 11.2 Å². The summed E-state index contributed by atoms with van der Waals surface area (Å²) in [6.45, 7) is 0. The van der Waals surface area contributed by atoms with Crippen molar-refractivity contribution in [1.82, 2.24) is 10.3 Å². The molecule has 1 fully saturated rings. The summed E-state index contributed by atoms with van der Waals surface area (Å²) in [6.07, 6.45) is 4.93. The number of nitrogens with zero attached hydrogens (tertiary/aromatic N) is 1. The van der Waals surface area contributed by atoms with Crippen molar-refractivity contribution < 1.29 is 14.7 Å². The van der Waals surface area contributed by atoms with Crippen LogP contribution in [0.3, 0.4) is 0 Å². The van der Waals surface area contributed by atoms with Gasteiger partial charge in [0.2, 0.25) is 0 Å². The van der Waals surface area contributed by atoms with Crippen molar-refractivity contribution in [1.29, 1.82) is 0 Å². The topological polar surface area (TPSA) is 79.3 Å². The number of carbonyl (C=O) groups excluding carboxylic acids is 1. The Morgan fingerprint density at radius 3 is 2.58 bits per heavy atom. The van der Waals surface area contributed by atoms with E-state index < -0.39 is 17.4 Å². The van der Waals surface area contributed by atoms with Crippen LogP contribution in [-0.2, 0) is 4.79 Å². The molecule has 0 radical (unpaired) electrons. The molecule has 0 aliphatic heterocycles. The number of amides is 1. The number of hydrogen-bond donors (Lipinski definition) is 2. The highest BCUT2D eigenvalue weighted by Crippen LogP contribution is 2.28. The second-order valence-corrected chi connectivity index (χ2v) is 5.20. The first kappa shape index (κ1) is 13.8. The minimum atomic E-state index is -1.17. The highest BCUT2D eigenvalue weighted by atomic mass is 35.5. The fraction of sp³-hybridized carbons (Fsp3) is 0.462. The maximum atomic E-state index is 12.1. The molecule has 102 valence electrons. The predicted molar refractivity (Wildman–Crippen MR) is 70.2 cm³/mol. The summed E-state index contributed by atoms with van der Waals surface area (Å²) in [5, 5.41) is 12.4. The van der Waals surface area contributed by atoms with Gasteiger partial charge in [-0.05, 0) is 25.0 Å². The van der Waals surface area contributed by atoms with Crippen LogP contribution >= 0.6 is 11.6 Å². The van der Waals surface area contributed by atoms with E-state index in [0.717, 1.165) is 19.3 Å². The molecular weight excluding hydrogens is 268 g/mol. The molecular formula is C13H15ClN2O3. The van der Waals surface area contributed by atoms with E-state index in [1.807, 2.05) is 0 Å². The third kappa shape index (κ3) is 3.04. The van der Waals surface area contributed by atoms with Gasteiger partial charge in [-0.3, -0.25) is 9.78 Å². The molecule has 1 aliphatic carbocycles. The molecule has 1 saturated carbocycles. The maximum absolute atomic E-state index is 12.1. The molecule has 19 heavy (non-hydrogen) atoms. The molecule has 1 aliphatic rings. The lowest BCUT2D eigenvalue weighted by molar-refractivity contribution is -0.145. The molecule has 1 aromatic heterocycles. The van der Waals surface area contributed by atoms with Crippen LogP contribution in [0.15, 0.2) is 18.3 Å². The zero-order valence-electron chi connectivity index (χ0n) is 10.4. The van der Waals surface area contributed by atoms with Crippen LogP contribution in [0.5, 0.6) is 0 Å². The SMILES string of the molecule is O=C(NC1(C(=O)O)CCCCC1)c1cc(Cl)ccn1. The number of carboxylic acid groups (broad SMARTS) is 1. The molecule has 2 N–H and O–H groups in total. The smallest absolute Gasteiger partial charge is 0.329 e. The van der Waals surface area contributed by atoms with Crippen molar-refractivity contribution in [3.8, 4) is 0 Å². The van der Waals surface area contributed by atoms with Crippen LogP contribution in [0.4, 0.5) is 0 Å². The minimum Gasteiger partial charge on any atom is -0.480 e.